The van der Waals surface area contributed by atoms with E-state index < -0.39 is 0 Å². The maximum absolute atomic E-state index is 5.91. The van der Waals surface area contributed by atoms with Crippen LogP contribution in [0, 0.1) is 0 Å². The number of benzene rings is 4. The van der Waals surface area contributed by atoms with Crippen LogP contribution in [0.3, 0.4) is 0 Å². The number of hydrogen-bond acceptors (Lipinski definition) is 2. The van der Waals surface area contributed by atoms with Gasteiger partial charge in [-0.2, -0.15) is 0 Å². The summed E-state index contributed by atoms with van der Waals surface area (Å²) in [6.07, 6.45) is 5.61. The predicted molar refractivity (Wildman–Crippen MR) is 150 cm³/mol. The number of fused-ring (bicyclic) bond motifs is 1. The minimum absolute atomic E-state index is 0.663. The van der Waals surface area contributed by atoms with Crippen molar-refractivity contribution in [1.29, 1.82) is 0 Å². The third-order valence-electron chi connectivity index (χ3n) is 5.94. The zero-order valence-electron chi connectivity index (χ0n) is 19.4. The summed E-state index contributed by atoms with van der Waals surface area (Å²) in [6, 6.07) is 32.7. The lowest BCUT2D eigenvalue weighted by Crippen LogP contribution is -2.01. The van der Waals surface area contributed by atoms with Crippen LogP contribution in [0.2, 0.25) is 0 Å². The molecule has 2 nitrogen and oxygen atoms in total. The van der Waals surface area contributed by atoms with Crippen molar-refractivity contribution in [2.24, 2.45) is 0 Å². The number of allylic oxidation sites excluding steroid dienone is 4. The van der Waals surface area contributed by atoms with Crippen LogP contribution >= 0.6 is 0 Å². The van der Waals surface area contributed by atoms with Crippen molar-refractivity contribution in [3.8, 4) is 33.8 Å². The molecule has 0 unspecified atom stereocenters. The molecular weight excluding hydrogens is 423 g/mol. The fourth-order valence-corrected chi connectivity index (χ4v) is 4.20. The van der Waals surface area contributed by atoms with E-state index in [4.69, 9.17) is 17.8 Å². The van der Waals surface area contributed by atoms with Crippen LogP contribution in [0.1, 0.15) is 5.56 Å². The third-order valence-corrected chi connectivity index (χ3v) is 5.94. The fraction of sp³-hybridized carbons (Fsp3) is 0. The summed E-state index contributed by atoms with van der Waals surface area (Å²) in [5, 5.41) is 0.996. The molecule has 3 heteroatoms. The molecule has 0 fully saturated rings. The SMILES string of the molecule is [B]c1ccc(-c2nc(-c3cc(/C(C=C)=C/C=C)cc(-c4ccccc4)c3)c3ccccc3n2)cc1. The summed E-state index contributed by atoms with van der Waals surface area (Å²) in [6.45, 7) is 7.89. The zero-order valence-corrected chi connectivity index (χ0v) is 19.4. The first-order chi connectivity index (χ1) is 17.2. The Morgan fingerprint density at radius 2 is 1.40 bits per heavy atom. The normalized spacial score (nSPS) is 11.4. The second-order valence-corrected chi connectivity index (χ2v) is 8.26. The maximum Gasteiger partial charge on any atom is 0.160 e. The van der Waals surface area contributed by atoms with Gasteiger partial charge in [0.1, 0.15) is 7.85 Å². The highest BCUT2D eigenvalue weighted by molar-refractivity contribution is 6.32. The fourth-order valence-electron chi connectivity index (χ4n) is 4.20. The van der Waals surface area contributed by atoms with Gasteiger partial charge in [0.05, 0.1) is 11.2 Å². The number of hydrogen-bond donors (Lipinski definition) is 0. The molecule has 0 saturated heterocycles. The summed E-state index contributed by atoms with van der Waals surface area (Å²) in [5.74, 6) is 0.663. The molecule has 1 aromatic heterocycles. The molecule has 0 saturated carbocycles. The molecule has 35 heavy (non-hydrogen) atoms. The molecular formula is C32H23BN2. The smallest absolute Gasteiger partial charge is 0.160 e. The van der Waals surface area contributed by atoms with Gasteiger partial charge in [0.25, 0.3) is 0 Å². The van der Waals surface area contributed by atoms with Crippen LogP contribution < -0.4 is 5.46 Å². The number of para-hydroxylation sites is 1. The summed E-state index contributed by atoms with van der Waals surface area (Å²) in [5.41, 5.74) is 8.69. The number of rotatable bonds is 6. The lowest BCUT2D eigenvalue weighted by Gasteiger charge is -2.14. The van der Waals surface area contributed by atoms with E-state index in [0.29, 0.717) is 11.3 Å². The van der Waals surface area contributed by atoms with Crippen LogP contribution in [0.25, 0.3) is 50.2 Å². The van der Waals surface area contributed by atoms with E-state index in [1.807, 2.05) is 60.7 Å². The Morgan fingerprint density at radius 3 is 2.14 bits per heavy atom. The van der Waals surface area contributed by atoms with Crippen molar-refractivity contribution >= 4 is 29.8 Å². The van der Waals surface area contributed by atoms with E-state index in [1.165, 1.54) is 0 Å². The van der Waals surface area contributed by atoms with Gasteiger partial charge in [-0.05, 0) is 46.5 Å². The van der Waals surface area contributed by atoms with Crippen LogP contribution in [-0.4, -0.2) is 17.8 Å². The second kappa shape index (κ2) is 9.78. The summed E-state index contributed by atoms with van der Waals surface area (Å²) >= 11 is 0. The molecule has 0 atom stereocenters. The quantitative estimate of drug-likeness (QED) is 0.204. The molecule has 0 amide bonds. The van der Waals surface area contributed by atoms with Gasteiger partial charge in [-0.3, -0.25) is 0 Å². The Kier molecular flexibility index (Phi) is 6.23. The summed E-state index contributed by atoms with van der Waals surface area (Å²) < 4.78 is 0. The first kappa shape index (κ1) is 22.3. The van der Waals surface area contributed by atoms with Crippen molar-refractivity contribution in [2.45, 2.75) is 0 Å². The third kappa shape index (κ3) is 4.62. The molecule has 0 N–H and O–H groups in total. The molecule has 1 heterocycles. The largest absolute Gasteiger partial charge is 0.228 e. The Labute approximate surface area is 207 Å². The molecule has 0 bridgehead atoms. The van der Waals surface area contributed by atoms with E-state index in [0.717, 1.165) is 50.0 Å². The van der Waals surface area contributed by atoms with E-state index in [1.54, 1.807) is 6.08 Å². The van der Waals surface area contributed by atoms with Gasteiger partial charge < -0.3 is 0 Å². The molecule has 5 aromatic rings. The average molecular weight is 446 g/mol. The Balaban J connectivity index is 1.80. The monoisotopic (exact) mass is 446 g/mol. The number of aromatic nitrogens is 2. The zero-order chi connectivity index (χ0) is 24.2. The Hall–Kier alpha value is -4.50. The highest BCUT2D eigenvalue weighted by Crippen LogP contribution is 2.34. The molecule has 0 aliphatic carbocycles. The molecule has 0 aliphatic rings. The predicted octanol–water partition coefficient (Wildman–Crippen LogP) is 7.18. The van der Waals surface area contributed by atoms with Crippen molar-refractivity contribution in [3.05, 3.63) is 134 Å². The van der Waals surface area contributed by atoms with Crippen LogP contribution in [-0.2, 0) is 0 Å². The van der Waals surface area contributed by atoms with E-state index in [2.05, 4.69) is 61.7 Å². The van der Waals surface area contributed by atoms with Crippen molar-refractivity contribution < 1.29 is 0 Å². The van der Waals surface area contributed by atoms with E-state index in [9.17, 15) is 0 Å². The van der Waals surface area contributed by atoms with Gasteiger partial charge in [-0.1, -0.05) is 110 Å². The lowest BCUT2D eigenvalue weighted by atomic mass is 9.93. The Morgan fingerprint density at radius 1 is 0.686 bits per heavy atom. The first-order valence-electron chi connectivity index (χ1n) is 11.5. The van der Waals surface area contributed by atoms with Crippen LogP contribution in [0.15, 0.2) is 128 Å². The standard InChI is InChI=1S/C32H23BN2/c1-3-10-22(4-2)25-19-26(23-11-6-5-7-12-23)21-27(20-25)31-29-13-8-9-14-30(29)34-32(35-31)24-15-17-28(33)18-16-24/h3-21H,1-2H2/b22-10+. The van der Waals surface area contributed by atoms with Crippen molar-refractivity contribution in [1.82, 2.24) is 9.97 Å². The summed E-state index contributed by atoms with van der Waals surface area (Å²) in [4.78, 5) is 9.91. The van der Waals surface area contributed by atoms with Crippen molar-refractivity contribution in [3.63, 3.8) is 0 Å². The molecule has 4 aromatic carbocycles. The van der Waals surface area contributed by atoms with Crippen LogP contribution in [0.4, 0.5) is 0 Å². The Bertz CT molecular complexity index is 1570. The molecule has 0 spiro atoms. The minimum Gasteiger partial charge on any atom is -0.228 e. The lowest BCUT2D eigenvalue weighted by molar-refractivity contribution is 1.23. The van der Waals surface area contributed by atoms with Gasteiger partial charge >= 0.3 is 0 Å². The molecule has 0 aliphatic heterocycles. The van der Waals surface area contributed by atoms with Crippen LogP contribution in [0.5, 0.6) is 0 Å². The van der Waals surface area contributed by atoms with Gasteiger partial charge in [0, 0.05) is 16.5 Å². The average Bonchev–Trinajstić information content (AvgIpc) is 2.91. The van der Waals surface area contributed by atoms with Crippen molar-refractivity contribution in [2.75, 3.05) is 0 Å². The molecule has 164 valence electrons. The maximum atomic E-state index is 5.91. The van der Waals surface area contributed by atoms with Gasteiger partial charge in [-0.15, -0.1) is 0 Å². The van der Waals surface area contributed by atoms with Gasteiger partial charge in [0.15, 0.2) is 5.82 Å². The summed E-state index contributed by atoms with van der Waals surface area (Å²) in [7, 11) is 5.91. The highest BCUT2D eigenvalue weighted by Gasteiger charge is 2.14. The molecule has 5 rings (SSSR count). The topological polar surface area (TPSA) is 25.8 Å². The highest BCUT2D eigenvalue weighted by atomic mass is 14.9. The first-order valence-corrected chi connectivity index (χ1v) is 11.5. The van der Waals surface area contributed by atoms with E-state index >= 15 is 0 Å². The van der Waals surface area contributed by atoms with E-state index in [-0.39, 0.29) is 0 Å². The second-order valence-electron chi connectivity index (χ2n) is 8.26. The molecule has 2 radical (unpaired) electrons. The number of nitrogens with zero attached hydrogens (tertiary/aromatic N) is 2. The van der Waals surface area contributed by atoms with Gasteiger partial charge in [0.2, 0.25) is 0 Å². The minimum atomic E-state index is 0.663. The van der Waals surface area contributed by atoms with Gasteiger partial charge in [-0.25, -0.2) is 9.97 Å².